The Morgan fingerprint density at radius 1 is 0.891 bits per heavy atom. The molecule has 0 aliphatic carbocycles. The van der Waals surface area contributed by atoms with Crippen LogP contribution >= 0.6 is 11.6 Å². The summed E-state index contributed by atoms with van der Waals surface area (Å²) < 4.78 is 68.5. The van der Waals surface area contributed by atoms with Crippen molar-refractivity contribution >= 4 is 64.2 Å². The minimum Gasteiger partial charge on any atom is -0.475 e. The van der Waals surface area contributed by atoms with Gasteiger partial charge in [0.25, 0.3) is 5.91 Å². The fraction of sp³-hybridized carbons (Fsp3) is 0.303. The summed E-state index contributed by atoms with van der Waals surface area (Å²) in [5.41, 5.74) is 4.89. The summed E-state index contributed by atoms with van der Waals surface area (Å²) in [6.07, 6.45) is -7.11. The number of carbonyl (C=O) groups excluding carboxylic acids is 2. The fourth-order valence-corrected chi connectivity index (χ4v) is 5.13. The van der Waals surface area contributed by atoms with Gasteiger partial charge in [-0.15, -0.1) is 0 Å². The van der Waals surface area contributed by atoms with Gasteiger partial charge in [-0.3, -0.25) is 14.5 Å². The van der Waals surface area contributed by atoms with Crippen LogP contribution in [0.25, 0.3) is 0 Å². The van der Waals surface area contributed by atoms with E-state index in [4.69, 9.17) is 35.9 Å². The van der Waals surface area contributed by atoms with Crippen LogP contribution < -0.4 is 16.0 Å². The van der Waals surface area contributed by atoms with E-state index in [1.54, 1.807) is 24.1 Å². The van der Waals surface area contributed by atoms with E-state index in [0.717, 1.165) is 34.6 Å². The number of benzene rings is 2. The van der Waals surface area contributed by atoms with E-state index in [-0.39, 0.29) is 18.4 Å². The zero-order valence-electron chi connectivity index (χ0n) is 28.5. The van der Waals surface area contributed by atoms with Gasteiger partial charge in [-0.25, -0.2) is 14.6 Å². The second-order valence-corrected chi connectivity index (χ2v) is 12.2. The maximum atomic E-state index is 13.1. The number of carbonyl (C=O) groups is 4. The number of hydrogen-bond donors (Lipinski definition) is 5. The Hall–Kier alpha value is -5.96. The molecule has 294 valence electrons. The lowest BCUT2D eigenvalue weighted by Gasteiger charge is -2.33. The number of fused-ring (bicyclic) bond motifs is 6. The van der Waals surface area contributed by atoms with Crippen LogP contribution in [0.4, 0.5) is 55.2 Å². The quantitative estimate of drug-likeness (QED) is 0.158. The smallest absolute Gasteiger partial charge is 0.475 e. The van der Waals surface area contributed by atoms with Crippen molar-refractivity contribution in [3.63, 3.8) is 0 Å². The summed E-state index contributed by atoms with van der Waals surface area (Å²) in [6.45, 7) is 4.22. The molecule has 6 rings (SSSR count). The molecule has 55 heavy (non-hydrogen) atoms. The van der Waals surface area contributed by atoms with Gasteiger partial charge in [0.2, 0.25) is 11.9 Å². The van der Waals surface area contributed by atoms with Crippen LogP contribution in [-0.4, -0.2) is 104 Å². The van der Waals surface area contributed by atoms with E-state index < -0.39 is 24.3 Å². The van der Waals surface area contributed by atoms with E-state index in [9.17, 15) is 35.9 Å². The highest BCUT2D eigenvalue weighted by Gasteiger charge is 2.39. The number of rotatable bonds is 4. The highest BCUT2D eigenvalue weighted by Crippen LogP contribution is 2.29. The van der Waals surface area contributed by atoms with Crippen LogP contribution in [0, 0.1) is 6.92 Å². The molecule has 6 bridgehead atoms. The van der Waals surface area contributed by atoms with E-state index in [1.807, 2.05) is 35.2 Å². The maximum Gasteiger partial charge on any atom is 0.490 e. The van der Waals surface area contributed by atoms with Crippen molar-refractivity contribution in [3.05, 3.63) is 82.3 Å². The molecule has 5 N–H and O–H groups in total. The van der Waals surface area contributed by atoms with Crippen molar-refractivity contribution in [1.29, 1.82) is 0 Å². The van der Waals surface area contributed by atoms with Gasteiger partial charge in [-0.1, -0.05) is 28.9 Å². The third-order valence-corrected chi connectivity index (χ3v) is 7.89. The first kappa shape index (κ1) is 41.8. The SMILES string of the molecule is Cc1cc(C(=O)N2CCN(CC(=O)Nc3ccc4cc3CCc3cccc(c3)Nc3ncc(Cl)c(n3)N4)CC2)no1.O=C(O)C(F)(F)F.O=C(O)C(F)(F)F. The predicted octanol–water partition coefficient (Wildman–Crippen LogP) is 5.68. The van der Waals surface area contributed by atoms with Crippen molar-refractivity contribution in [1.82, 2.24) is 24.9 Å². The topological polar surface area (TPSA) is 203 Å². The maximum absolute atomic E-state index is 13.1. The Bertz CT molecular complexity index is 2000. The highest BCUT2D eigenvalue weighted by molar-refractivity contribution is 6.32. The number of nitrogens with one attached hydrogen (secondary N) is 3. The Morgan fingerprint density at radius 3 is 2.13 bits per heavy atom. The summed E-state index contributed by atoms with van der Waals surface area (Å²) in [5.74, 6) is -4.25. The summed E-state index contributed by atoms with van der Waals surface area (Å²) in [5, 5.41) is 28.1. The number of aryl methyl sites for hydroxylation is 3. The van der Waals surface area contributed by atoms with Crippen LogP contribution in [0.2, 0.25) is 5.02 Å². The van der Waals surface area contributed by atoms with Gasteiger partial charge >= 0.3 is 24.3 Å². The number of nitrogens with zero attached hydrogens (tertiary/aromatic N) is 5. The molecule has 2 amide bonds. The minimum absolute atomic E-state index is 0.105. The minimum atomic E-state index is -5.08. The van der Waals surface area contributed by atoms with Crippen molar-refractivity contribution in [2.24, 2.45) is 0 Å². The number of hydrogen-bond acceptors (Lipinski definition) is 11. The largest absolute Gasteiger partial charge is 0.490 e. The molecule has 2 aliphatic heterocycles. The number of piperazine rings is 1. The molecule has 2 aromatic heterocycles. The van der Waals surface area contributed by atoms with Gasteiger partial charge < -0.3 is 35.6 Å². The average molecular weight is 801 g/mol. The van der Waals surface area contributed by atoms with E-state index in [2.05, 4.69) is 43.2 Å². The molecule has 22 heteroatoms. The van der Waals surface area contributed by atoms with Gasteiger partial charge in [0.15, 0.2) is 11.5 Å². The average Bonchev–Trinajstić information content (AvgIpc) is 3.55. The van der Waals surface area contributed by atoms with E-state index in [0.29, 0.717) is 60.8 Å². The van der Waals surface area contributed by atoms with Crippen LogP contribution in [0.5, 0.6) is 0 Å². The van der Waals surface area contributed by atoms with Gasteiger partial charge in [0, 0.05) is 49.3 Å². The number of amides is 2. The fourth-order valence-electron chi connectivity index (χ4n) is 5.00. The van der Waals surface area contributed by atoms with Crippen LogP contribution in [0.15, 0.2) is 59.3 Å². The van der Waals surface area contributed by atoms with Gasteiger partial charge in [0.05, 0.1) is 12.7 Å². The lowest BCUT2D eigenvalue weighted by Crippen LogP contribution is -2.50. The summed E-state index contributed by atoms with van der Waals surface area (Å²) >= 11 is 6.38. The van der Waals surface area contributed by atoms with Crippen LogP contribution in [0.1, 0.15) is 27.4 Å². The molecule has 0 atom stereocenters. The van der Waals surface area contributed by atoms with Crippen molar-refractivity contribution < 1.29 is 60.3 Å². The molecular weight excluding hydrogens is 770 g/mol. The van der Waals surface area contributed by atoms with Crippen LogP contribution in [0.3, 0.4) is 0 Å². The third kappa shape index (κ3) is 12.6. The lowest BCUT2D eigenvalue weighted by atomic mass is 10.0. The first-order valence-electron chi connectivity index (χ1n) is 15.9. The van der Waals surface area contributed by atoms with Crippen molar-refractivity contribution in [2.75, 3.05) is 48.7 Å². The molecule has 15 nitrogen and oxygen atoms in total. The number of aliphatic carboxylic acids is 2. The lowest BCUT2D eigenvalue weighted by molar-refractivity contribution is -0.193. The molecule has 0 spiro atoms. The molecule has 4 heterocycles. The van der Waals surface area contributed by atoms with Crippen molar-refractivity contribution in [2.45, 2.75) is 32.1 Å². The van der Waals surface area contributed by atoms with Crippen LogP contribution in [-0.2, 0) is 27.2 Å². The monoisotopic (exact) mass is 800 g/mol. The molecule has 2 aliphatic rings. The third-order valence-electron chi connectivity index (χ3n) is 7.61. The molecule has 0 unspecified atom stereocenters. The van der Waals surface area contributed by atoms with E-state index in [1.165, 1.54) is 0 Å². The predicted molar refractivity (Wildman–Crippen MR) is 183 cm³/mol. The van der Waals surface area contributed by atoms with Gasteiger partial charge in [-0.05, 0) is 61.2 Å². The van der Waals surface area contributed by atoms with E-state index >= 15 is 0 Å². The Kier molecular flexibility index (Phi) is 13.6. The summed E-state index contributed by atoms with van der Waals surface area (Å²) in [6, 6.07) is 15.5. The number of aromatic nitrogens is 3. The number of anilines is 5. The first-order chi connectivity index (χ1) is 25.8. The normalized spacial score (nSPS) is 14.1. The molecule has 0 radical (unpaired) electrons. The Labute approximate surface area is 312 Å². The van der Waals surface area contributed by atoms with Crippen molar-refractivity contribution in [3.8, 4) is 0 Å². The second-order valence-electron chi connectivity index (χ2n) is 11.8. The highest BCUT2D eigenvalue weighted by atomic mass is 35.5. The standard InChI is InChI=1S/C29H29ClN8O3.2C2HF3O2/c1-18-13-25(36-41-18)28(40)38-11-9-37(10-12-38)17-26(39)34-24-8-7-22-15-20(24)6-5-19-3-2-4-21(14-19)33-29-31-16-23(30)27(32-22)35-29;2*3-2(4,5)1(6)7/h2-4,7-8,13-16H,5-6,9-12,17H2,1H3,(H,34,39)(H2,31,32,33,35);2*(H,6,7). The number of alkyl halides is 6. The van der Waals surface area contributed by atoms with Gasteiger partial charge in [-0.2, -0.15) is 31.3 Å². The summed E-state index contributed by atoms with van der Waals surface area (Å²) in [4.78, 5) is 56.2. The molecule has 2 aromatic carbocycles. The Morgan fingerprint density at radius 2 is 1.53 bits per heavy atom. The number of carboxylic acids is 2. The molecule has 0 saturated carbocycles. The molecular formula is C33H31ClF6N8O7. The number of halogens is 7. The Balaban J connectivity index is 0.000000410. The first-order valence-corrected chi connectivity index (χ1v) is 16.3. The zero-order chi connectivity index (χ0) is 40.5. The zero-order valence-corrected chi connectivity index (χ0v) is 29.2. The number of carboxylic acid groups (broad SMARTS) is 2. The van der Waals surface area contributed by atoms with Gasteiger partial charge in [0.1, 0.15) is 10.8 Å². The molecule has 1 fully saturated rings. The molecule has 4 aromatic rings. The summed E-state index contributed by atoms with van der Waals surface area (Å²) in [7, 11) is 0. The molecule has 1 saturated heterocycles. The second kappa shape index (κ2) is 17.9.